The molecule has 3 heterocycles. The highest BCUT2D eigenvalue weighted by molar-refractivity contribution is 9.10. The lowest BCUT2D eigenvalue weighted by molar-refractivity contribution is -0.0765. The van der Waals surface area contributed by atoms with Crippen molar-refractivity contribution in [3.8, 4) is 0 Å². The first-order valence-corrected chi connectivity index (χ1v) is 7.19. The van der Waals surface area contributed by atoms with Crippen LogP contribution in [0.4, 0.5) is 0 Å². The van der Waals surface area contributed by atoms with Crippen molar-refractivity contribution in [1.29, 1.82) is 0 Å². The average Bonchev–Trinajstić information content (AvgIpc) is 2.39. The van der Waals surface area contributed by atoms with Crippen molar-refractivity contribution in [2.45, 2.75) is 25.6 Å². The number of hydrogen-bond donors (Lipinski definition) is 0. The van der Waals surface area contributed by atoms with Gasteiger partial charge in [0.05, 0.1) is 12.7 Å². The van der Waals surface area contributed by atoms with E-state index in [0.29, 0.717) is 6.10 Å². The Labute approximate surface area is 111 Å². The Morgan fingerprint density at radius 1 is 1.18 bits per heavy atom. The minimum Gasteiger partial charge on any atom is -0.372 e. The molecule has 0 N–H and O–H groups in total. The van der Waals surface area contributed by atoms with Crippen LogP contribution in [0.5, 0.6) is 0 Å². The molecule has 1 unspecified atom stereocenters. The SMILES string of the molecule is Brc1ccc(COC2CN3CCC2CC3)cc1. The second kappa shape index (κ2) is 5.09. The zero-order chi connectivity index (χ0) is 11.7. The summed E-state index contributed by atoms with van der Waals surface area (Å²) in [6.07, 6.45) is 3.11. The molecule has 3 aliphatic rings. The second-order valence-corrected chi connectivity index (χ2v) is 6.03. The molecular formula is C14H18BrNO. The van der Waals surface area contributed by atoms with Crippen LogP contribution in [0, 0.1) is 5.92 Å². The smallest absolute Gasteiger partial charge is 0.0735 e. The second-order valence-electron chi connectivity index (χ2n) is 5.11. The number of benzene rings is 1. The number of ether oxygens (including phenoxy) is 1. The Kier molecular flexibility index (Phi) is 3.50. The van der Waals surface area contributed by atoms with Gasteiger partial charge in [-0.2, -0.15) is 0 Å². The van der Waals surface area contributed by atoms with Gasteiger partial charge in [0.2, 0.25) is 0 Å². The molecule has 17 heavy (non-hydrogen) atoms. The lowest BCUT2D eigenvalue weighted by atomic mass is 9.86. The van der Waals surface area contributed by atoms with Crippen LogP contribution in [0.3, 0.4) is 0 Å². The predicted octanol–water partition coefficient (Wildman–Crippen LogP) is 3.06. The van der Waals surface area contributed by atoms with E-state index in [0.717, 1.165) is 23.5 Å². The Morgan fingerprint density at radius 3 is 2.47 bits per heavy atom. The average molecular weight is 296 g/mol. The summed E-state index contributed by atoms with van der Waals surface area (Å²) in [7, 11) is 0. The van der Waals surface area contributed by atoms with Gasteiger partial charge in [0.25, 0.3) is 0 Å². The van der Waals surface area contributed by atoms with Crippen molar-refractivity contribution in [2.24, 2.45) is 5.92 Å². The fraction of sp³-hybridized carbons (Fsp3) is 0.571. The van der Waals surface area contributed by atoms with Gasteiger partial charge in [0.1, 0.15) is 0 Å². The first-order valence-electron chi connectivity index (χ1n) is 6.40. The first kappa shape index (κ1) is 11.7. The molecule has 3 heteroatoms. The molecule has 1 atom stereocenters. The molecule has 0 spiro atoms. The summed E-state index contributed by atoms with van der Waals surface area (Å²) in [5, 5.41) is 0. The van der Waals surface area contributed by atoms with E-state index >= 15 is 0 Å². The standard InChI is InChI=1S/C14H18BrNO/c15-13-3-1-11(2-4-13)10-17-14-9-16-7-5-12(14)6-8-16/h1-4,12,14H,5-10H2. The Bertz CT molecular complexity index is 370. The van der Waals surface area contributed by atoms with E-state index in [1.165, 1.54) is 31.5 Å². The summed E-state index contributed by atoms with van der Waals surface area (Å²) in [5.74, 6) is 0.801. The minimum absolute atomic E-state index is 0.459. The molecule has 0 saturated carbocycles. The van der Waals surface area contributed by atoms with Crippen LogP contribution in [0.15, 0.2) is 28.7 Å². The molecule has 2 bridgehead atoms. The lowest BCUT2D eigenvalue weighted by Crippen LogP contribution is -2.51. The monoisotopic (exact) mass is 295 g/mol. The van der Waals surface area contributed by atoms with E-state index in [1.54, 1.807) is 0 Å². The summed E-state index contributed by atoms with van der Waals surface area (Å²) in [4.78, 5) is 2.53. The number of fused-ring (bicyclic) bond motifs is 3. The molecule has 0 aromatic heterocycles. The van der Waals surface area contributed by atoms with Crippen LogP contribution in [0.25, 0.3) is 0 Å². The molecule has 2 nitrogen and oxygen atoms in total. The maximum Gasteiger partial charge on any atom is 0.0735 e. The third kappa shape index (κ3) is 2.72. The van der Waals surface area contributed by atoms with Crippen molar-refractivity contribution in [3.63, 3.8) is 0 Å². The summed E-state index contributed by atoms with van der Waals surface area (Å²) in [6.45, 7) is 4.45. The highest BCUT2D eigenvalue weighted by Gasteiger charge is 2.34. The minimum atomic E-state index is 0.459. The molecule has 4 rings (SSSR count). The number of nitrogens with zero attached hydrogens (tertiary/aromatic N) is 1. The van der Waals surface area contributed by atoms with Crippen molar-refractivity contribution in [2.75, 3.05) is 19.6 Å². The number of halogens is 1. The third-order valence-electron chi connectivity index (χ3n) is 3.97. The molecule has 3 fully saturated rings. The van der Waals surface area contributed by atoms with Gasteiger partial charge in [-0.05, 0) is 49.5 Å². The van der Waals surface area contributed by atoms with Gasteiger partial charge in [-0.3, -0.25) is 0 Å². The van der Waals surface area contributed by atoms with Gasteiger partial charge in [-0.1, -0.05) is 28.1 Å². The zero-order valence-corrected chi connectivity index (χ0v) is 11.5. The van der Waals surface area contributed by atoms with Crippen LogP contribution < -0.4 is 0 Å². The fourth-order valence-corrected chi connectivity index (χ4v) is 3.15. The molecule has 92 valence electrons. The van der Waals surface area contributed by atoms with Crippen LogP contribution in [0.2, 0.25) is 0 Å². The number of hydrogen-bond acceptors (Lipinski definition) is 2. The van der Waals surface area contributed by atoms with Crippen LogP contribution >= 0.6 is 15.9 Å². The highest BCUT2D eigenvalue weighted by atomic mass is 79.9. The largest absolute Gasteiger partial charge is 0.372 e. The molecule has 1 aromatic rings. The third-order valence-corrected chi connectivity index (χ3v) is 4.50. The quantitative estimate of drug-likeness (QED) is 0.850. The van der Waals surface area contributed by atoms with Crippen LogP contribution in [0.1, 0.15) is 18.4 Å². The van der Waals surface area contributed by atoms with Gasteiger partial charge in [0, 0.05) is 11.0 Å². The van der Waals surface area contributed by atoms with E-state index in [-0.39, 0.29) is 0 Å². The normalized spacial score (nSPS) is 31.7. The summed E-state index contributed by atoms with van der Waals surface area (Å²) < 4.78 is 7.21. The van der Waals surface area contributed by atoms with Gasteiger partial charge in [0.15, 0.2) is 0 Å². The lowest BCUT2D eigenvalue weighted by Gasteiger charge is -2.44. The Hall–Kier alpha value is -0.380. The molecule has 3 aliphatic heterocycles. The van der Waals surface area contributed by atoms with Gasteiger partial charge in [-0.15, -0.1) is 0 Å². The Morgan fingerprint density at radius 2 is 1.88 bits per heavy atom. The topological polar surface area (TPSA) is 12.5 Å². The maximum absolute atomic E-state index is 6.09. The summed E-state index contributed by atoms with van der Waals surface area (Å²) in [6, 6.07) is 8.42. The van der Waals surface area contributed by atoms with Gasteiger partial charge >= 0.3 is 0 Å². The van der Waals surface area contributed by atoms with Crippen molar-refractivity contribution < 1.29 is 4.74 Å². The molecule has 1 aromatic carbocycles. The highest BCUT2D eigenvalue weighted by Crippen LogP contribution is 2.30. The fourth-order valence-electron chi connectivity index (χ4n) is 2.88. The van der Waals surface area contributed by atoms with Crippen molar-refractivity contribution >= 4 is 15.9 Å². The Balaban J connectivity index is 1.56. The van der Waals surface area contributed by atoms with Gasteiger partial charge < -0.3 is 9.64 Å². The van der Waals surface area contributed by atoms with Crippen molar-refractivity contribution in [3.05, 3.63) is 34.3 Å². The van der Waals surface area contributed by atoms with E-state index in [9.17, 15) is 0 Å². The molecule has 0 radical (unpaired) electrons. The van der Waals surface area contributed by atoms with Gasteiger partial charge in [-0.25, -0.2) is 0 Å². The maximum atomic E-state index is 6.09. The predicted molar refractivity (Wildman–Crippen MR) is 71.9 cm³/mol. The molecule has 0 aliphatic carbocycles. The van der Waals surface area contributed by atoms with E-state index in [1.807, 2.05) is 0 Å². The summed E-state index contributed by atoms with van der Waals surface area (Å²) >= 11 is 3.45. The zero-order valence-electron chi connectivity index (χ0n) is 9.94. The summed E-state index contributed by atoms with van der Waals surface area (Å²) in [5.41, 5.74) is 1.27. The van der Waals surface area contributed by atoms with Crippen molar-refractivity contribution in [1.82, 2.24) is 4.90 Å². The van der Waals surface area contributed by atoms with E-state index in [2.05, 4.69) is 45.1 Å². The molecule has 3 saturated heterocycles. The van der Waals surface area contributed by atoms with E-state index in [4.69, 9.17) is 4.74 Å². The molecule has 0 amide bonds. The van der Waals surface area contributed by atoms with Crippen LogP contribution in [-0.2, 0) is 11.3 Å². The first-order chi connectivity index (χ1) is 8.31. The van der Waals surface area contributed by atoms with E-state index < -0.39 is 0 Å². The number of piperidine rings is 3. The molecular weight excluding hydrogens is 278 g/mol. The number of rotatable bonds is 3. The van der Waals surface area contributed by atoms with Crippen LogP contribution in [-0.4, -0.2) is 30.6 Å².